The van der Waals surface area contributed by atoms with Crippen molar-refractivity contribution in [3.8, 4) is 0 Å². The molecule has 0 fully saturated rings. The molecule has 0 amide bonds. The molecule has 0 saturated heterocycles. The summed E-state index contributed by atoms with van der Waals surface area (Å²) >= 11 is 0. The Labute approximate surface area is 65.4 Å². The van der Waals surface area contributed by atoms with Gasteiger partial charge in [0.25, 0.3) is 0 Å². The first-order valence-corrected chi connectivity index (χ1v) is 3.20. The number of ether oxygens (including phenoxy) is 2. The van der Waals surface area contributed by atoms with Crippen LogP contribution in [0.2, 0.25) is 0 Å². The molecular formula is C7H12O4. The van der Waals surface area contributed by atoms with Crippen LogP contribution in [0, 0.1) is 0 Å². The molecule has 0 aliphatic heterocycles. The topological polar surface area (TPSA) is 55.8 Å². The van der Waals surface area contributed by atoms with E-state index in [2.05, 4.69) is 9.47 Å². The normalized spacial score (nSPS) is 11.0. The SMILES string of the molecule is COC=C(C)C(=O)OCCO. The molecule has 0 aromatic carbocycles. The fraction of sp³-hybridized carbons (Fsp3) is 0.571. The zero-order valence-corrected chi connectivity index (χ0v) is 6.66. The van der Waals surface area contributed by atoms with Gasteiger partial charge in [0.05, 0.1) is 25.6 Å². The highest BCUT2D eigenvalue weighted by Crippen LogP contribution is 1.95. The first-order chi connectivity index (χ1) is 5.22. The van der Waals surface area contributed by atoms with Gasteiger partial charge in [0.1, 0.15) is 6.61 Å². The van der Waals surface area contributed by atoms with E-state index in [1.54, 1.807) is 6.92 Å². The van der Waals surface area contributed by atoms with Gasteiger partial charge in [-0.2, -0.15) is 0 Å². The Morgan fingerprint density at radius 2 is 2.27 bits per heavy atom. The third-order valence-corrected chi connectivity index (χ3v) is 0.941. The lowest BCUT2D eigenvalue weighted by Gasteiger charge is -2.01. The number of esters is 1. The summed E-state index contributed by atoms with van der Waals surface area (Å²) in [5.74, 6) is -0.471. The first-order valence-electron chi connectivity index (χ1n) is 3.20. The van der Waals surface area contributed by atoms with Crippen LogP contribution >= 0.6 is 0 Å². The lowest BCUT2D eigenvalue weighted by Crippen LogP contribution is -2.09. The molecule has 0 aliphatic rings. The second-order valence-corrected chi connectivity index (χ2v) is 1.90. The summed E-state index contributed by atoms with van der Waals surface area (Å²) in [5, 5.41) is 8.30. The largest absolute Gasteiger partial charge is 0.504 e. The van der Waals surface area contributed by atoms with Crippen molar-refractivity contribution in [2.24, 2.45) is 0 Å². The predicted octanol–water partition coefficient (Wildman–Crippen LogP) is 0.0721. The Balaban J connectivity index is 3.73. The van der Waals surface area contributed by atoms with Crippen LogP contribution in [0.1, 0.15) is 6.92 Å². The fourth-order valence-electron chi connectivity index (χ4n) is 0.477. The average Bonchev–Trinajstić information content (AvgIpc) is 2.00. The average molecular weight is 160 g/mol. The highest BCUT2D eigenvalue weighted by atomic mass is 16.5. The van der Waals surface area contributed by atoms with Crippen molar-refractivity contribution in [1.82, 2.24) is 0 Å². The maximum atomic E-state index is 10.8. The summed E-state index contributed by atoms with van der Waals surface area (Å²) in [6.07, 6.45) is 1.29. The van der Waals surface area contributed by atoms with E-state index in [-0.39, 0.29) is 13.2 Å². The molecule has 0 aromatic heterocycles. The number of carbonyl (C=O) groups excluding carboxylic acids is 1. The maximum absolute atomic E-state index is 10.8. The van der Waals surface area contributed by atoms with Crippen LogP contribution in [0.4, 0.5) is 0 Å². The van der Waals surface area contributed by atoms with E-state index in [0.29, 0.717) is 5.57 Å². The van der Waals surface area contributed by atoms with Crippen LogP contribution in [-0.4, -0.2) is 31.4 Å². The lowest BCUT2D eigenvalue weighted by atomic mass is 10.3. The standard InChI is InChI=1S/C7H12O4/c1-6(5-10-2)7(9)11-4-3-8/h5,8H,3-4H2,1-2H3. The molecule has 0 aliphatic carbocycles. The van der Waals surface area contributed by atoms with Gasteiger partial charge in [0, 0.05) is 0 Å². The number of hydrogen-bond acceptors (Lipinski definition) is 4. The molecule has 0 heterocycles. The number of aliphatic hydroxyl groups is 1. The third kappa shape index (κ3) is 4.38. The number of methoxy groups -OCH3 is 1. The highest BCUT2D eigenvalue weighted by molar-refractivity contribution is 5.87. The molecule has 0 radical (unpaired) electrons. The van der Waals surface area contributed by atoms with E-state index in [1.165, 1.54) is 13.4 Å². The summed E-state index contributed by atoms with van der Waals surface area (Å²) in [6, 6.07) is 0. The van der Waals surface area contributed by atoms with Gasteiger partial charge in [-0.1, -0.05) is 0 Å². The van der Waals surface area contributed by atoms with Crippen molar-refractivity contribution in [1.29, 1.82) is 0 Å². The van der Waals surface area contributed by atoms with Crippen LogP contribution in [0.3, 0.4) is 0 Å². The zero-order valence-electron chi connectivity index (χ0n) is 6.66. The molecule has 0 saturated carbocycles. The minimum absolute atomic E-state index is 0.0216. The molecule has 64 valence electrons. The summed E-state index contributed by atoms with van der Waals surface area (Å²) in [4.78, 5) is 10.8. The molecule has 0 aromatic rings. The number of hydrogen-bond donors (Lipinski definition) is 1. The van der Waals surface area contributed by atoms with Crippen LogP contribution in [-0.2, 0) is 14.3 Å². The van der Waals surface area contributed by atoms with Gasteiger partial charge in [0.2, 0.25) is 0 Å². The van der Waals surface area contributed by atoms with E-state index < -0.39 is 5.97 Å². The molecule has 0 spiro atoms. The molecule has 4 nitrogen and oxygen atoms in total. The van der Waals surface area contributed by atoms with Crippen molar-refractivity contribution in [3.05, 3.63) is 11.8 Å². The highest BCUT2D eigenvalue weighted by Gasteiger charge is 2.03. The monoisotopic (exact) mass is 160 g/mol. The molecule has 0 bridgehead atoms. The van der Waals surface area contributed by atoms with Crippen LogP contribution in [0.15, 0.2) is 11.8 Å². The lowest BCUT2D eigenvalue weighted by molar-refractivity contribution is -0.140. The second-order valence-electron chi connectivity index (χ2n) is 1.90. The van der Waals surface area contributed by atoms with Crippen molar-refractivity contribution in [2.75, 3.05) is 20.3 Å². The Hall–Kier alpha value is -1.03. The first kappa shape index (κ1) is 9.97. The van der Waals surface area contributed by atoms with E-state index in [1.807, 2.05) is 0 Å². The number of aliphatic hydroxyl groups excluding tert-OH is 1. The van der Waals surface area contributed by atoms with E-state index >= 15 is 0 Å². The van der Waals surface area contributed by atoms with Crippen LogP contribution in [0.5, 0.6) is 0 Å². The van der Waals surface area contributed by atoms with Gasteiger partial charge in [-0.05, 0) is 6.92 Å². The molecule has 0 unspecified atom stereocenters. The smallest absolute Gasteiger partial charge is 0.336 e. The third-order valence-electron chi connectivity index (χ3n) is 0.941. The number of carbonyl (C=O) groups is 1. The summed E-state index contributed by atoms with van der Waals surface area (Å²) in [6.45, 7) is 1.43. The van der Waals surface area contributed by atoms with E-state index in [0.717, 1.165) is 0 Å². The van der Waals surface area contributed by atoms with Gasteiger partial charge in [0.15, 0.2) is 0 Å². The summed E-state index contributed by atoms with van der Waals surface area (Å²) in [5.41, 5.74) is 0.376. The van der Waals surface area contributed by atoms with Crippen molar-refractivity contribution < 1.29 is 19.4 Å². The van der Waals surface area contributed by atoms with Crippen molar-refractivity contribution in [3.63, 3.8) is 0 Å². The summed E-state index contributed by atoms with van der Waals surface area (Å²) in [7, 11) is 1.45. The van der Waals surface area contributed by atoms with Crippen molar-refractivity contribution in [2.45, 2.75) is 6.92 Å². The number of rotatable bonds is 4. The van der Waals surface area contributed by atoms with Gasteiger partial charge in [-0.3, -0.25) is 0 Å². The molecule has 0 atom stereocenters. The van der Waals surface area contributed by atoms with Crippen molar-refractivity contribution >= 4 is 5.97 Å². The minimum atomic E-state index is -0.471. The Bertz CT molecular complexity index is 151. The molecule has 0 rings (SSSR count). The Morgan fingerprint density at radius 1 is 1.64 bits per heavy atom. The quantitative estimate of drug-likeness (QED) is 0.359. The van der Waals surface area contributed by atoms with Gasteiger partial charge >= 0.3 is 5.97 Å². The maximum Gasteiger partial charge on any atom is 0.336 e. The minimum Gasteiger partial charge on any atom is -0.504 e. The van der Waals surface area contributed by atoms with Gasteiger partial charge in [-0.15, -0.1) is 0 Å². The second kappa shape index (κ2) is 5.73. The van der Waals surface area contributed by atoms with Gasteiger partial charge in [-0.25, -0.2) is 4.79 Å². The molecule has 4 heteroatoms. The Morgan fingerprint density at radius 3 is 2.73 bits per heavy atom. The zero-order chi connectivity index (χ0) is 8.69. The molecular weight excluding hydrogens is 148 g/mol. The Kier molecular flexibility index (Phi) is 5.20. The predicted molar refractivity (Wildman–Crippen MR) is 38.8 cm³/mol. The summed E-state index contributed by atoms with van der Waals surface area (Å²) < 4.78 is 9.15. The van der Waals surface area contributed by atoms with E-state index in [4.69, 9.17) is 5.11 Å². The fourth-order valence-corrected chi connectivity index (χ4v) is 0.477. The molecule has 1 N–H and O–H groups in total. The van der Waals surface area contributed by atoms with E-state index in [9.17, 15) is 4.79 Å². The van der Waals surface area contributed by atoms with Crippen LogP contribution in [0.25, 0.3) is 0 Å². The molecule has 11 heavy (non-hydrogen) atoms. The van der Waals surface area contributed by atoms with Crippen LogP contribution < -0.4 is 0 Å². The van der Waals surface area contributed by atoms with Gasteiger partial charge < -0.3 is 14.6 Å².